The largest absolute Gasteiger partial charge is 0.366 e. The highest BCUT2D eigenvalue weighted by atomic mass is 15.2. The van der Waals surface area contributed by atoms with Gasteiger partial charge in [-0.25, -0.2) is 0 Å². The molecule has 20 heavy (non-hydrogen) atoms. The molecule has 1 fully saturated rings. The second-order valence-corrected chi connectivity index (χ2v) is 5.71. The molecule has 3 heteroatoms. The van der Waals surface area contributed by atoms with Crippen LogP contribution in [0.1, 0.15) is 24.8 Å². The molecule has 0 aliphatic carbocycles. The van der Waals surface area contributed by atoms with Crippen LogP contribution < -0.4 is 0 Å². The lowest BCUT2D eigenvalue weighted by Crippen LogP contribution is -2.32. The Bertz CT molecular complexity index is 627. The van der Waals surface area contributed by atoms with E-state index in [0.717, 1.165) is 6.42 Å². The Kier molecular flexibility index (Phi) is 2.92. The Morgan fingerprint density at radius 1 is 1.10 bits per heavy atom. The third-order valence-corrected chi connectivity index (χ3v) is 4.56. The van der Waals surface area contributed by atoms with Gasteiger partial charge >= 0.3 is 0 Å². The predicted molar refractivity (Wildman–Crippen MR) is 81.2 cm³/mol. The molecule has 2 aromatic heterocycles. The summed E-state index contributed by atoms with van der Waals surface area (Å²) in [5, 5.41) is 0. The minimum atomic E-state index is 0.666. The van der Waals surface area contributed by atoms with Gasteiger partial charge in [0.25, 0.3) is 0 Å². The van der Waals surface area contributed by atoms with E-state index in [2.05, 4.69) is 45.5 Å². The van der Waals surface area contributed by atoms with E-state index in [1.165, 1.54) is 48.2 Å². The Balaban J connectivity index is 1.72. The third-order valence-electron chi connectivity index (χ3n) is 4.56. The number of pyridine rings is 1. The number of nitrogens with zero attached hydrogens (tertiary/aromatic N) is 2. The summed E-state index contributed by atoms with van der Waals surface area (Å²) in [7, 11) is 0. The minimum absolute atomic E-state index is 0.666. The zero-order valence-electron chi connectivity index (χ0n) is 11.5. The number of H-pyrrole nitrogens is 1. The monoisotopic (exact) mass is 265 g/mol. The van der Waals surface area contributed by atoms with E-state index in [1.807, 2.05) is 12.4 Å². The molecule has 1 saturated heterocycles. The van der Waals surface area contributed by atoms with Crippen LogP contribution in [-0.4, -0.2) is 34.0 Å². The maximum atomic E-state index is 4.11. The molecule has 3 nitrogen and oxygen atoms in total. The summed E-state index contributed by atoms with van der Waals surface area (Å²) in [5.74, 6) is 0. The zero-order valence-corrected chi connectivity index (χ0v) is 11.5. The second-order valence-electron chi connectivity index (χ2n) is 5.71. The highest BCUT2D eigenvalue weighted by Gasteiger charge is 2.27. The van der Waals surface area contributed by atoms with E-state index in [0.29, 0.717) is 6.04 Å². The fraction of sp³-hybridized carbons (Fsp3) is 0.353. The maximum Gasteiger partial charge on any atom is 0.0284 e. The summed E-state index contributed by atoms with van der Waals surface area (Å²) < 4.78 is 0. The molecule has 1 atom stereocenters. The molecule has 0 spiro atoms. The number of hydrogen-bond acceptors (Lipinski definition) is 2. The topological polar surface area (TPSA) is 31.9 Å². The van der Waals surface area contributed by atoms with Crippen molar-refractivity contribution in [3.8, 4) is 11.1 Å². The predicted octanol–water partition coefficient (Wildman–Crippen LogP) is 3.33. The minimum Gasteiger partial charge on any atom is -0.366 e. The molecule has 0 amide bonds. The van der Waals surface area contributed by atoms with Gasteiger partial charge in [0.2, 0.25) is 0 Å². The molecule has 4 rings (SSSR count). The smallest absolute Gasteiger partial charge is 0.0284 e. The number of nitrogens with one attached hydrogen (secondary N) is 1. The van der Waals surface area contributed by atoms with Crippen LogP contribution in [0.2, 0.25) is 0 Å². The van der Waals surface area contributed by atoms with Crippen molar-refractivity contribution in [3.05, 3.63) is 48.6 Å². The lowest BCUT2D eigenvalue weighted by atomic mass is 9.93. The molecular formula is C17H19N3. The summed E-state index contributed by atoms with van der Waals surface area (Å²) in [6, 6.07) is 4.83. The van der Waals surface area contributed by atoms with Crippen molar-refractivity contribution in [1.82, 2.24) is 14.9 Å². The number of fused-ring (bicyclic) bond motifs is 1. The van der Waals surface area contributed by atoms with Gasteiger partial charge in [-0.05, 0) is 49.1 Å². The highest BCUT2D eigenvalue weighted by Crippen LogP contribution is 2.35. The van der Waals surface area contributed by atoms with Gasteiger partial charge in [-0.2, -0.15) is 0 Å². The van der Waals surface area contributed by atoms with Crippen LogP contribution in [0.5, 0.6) is 0 Å². The van der Waals surface area contributed by atoms with Crippen LogP contribution in [0.3, 0.4) is 0 Å². The SMILES string of the molecule is C1=C(c2c[nH]cc2-c2ccncc2)CCN2CCCC12. The Morgan fingerprint density at radius 2 is 1.95 bits per heavy atom. The first-order valence-electron chi connectivity index (χ1n) is 7.44. The molecule has 102 valence electrons. The van der Waals surface area contributed by atoms with E-state index in [-0.39, 0.29) is 0 Å². The number of aromatic amines is 1. The van der Waals surface area contributed by atoms with Crippen molar-refractivity contribution in [1.29, 1.82) is 0 Å². The van der Waals surface area contributed by atoms with Crippen LogP contribution in [0.25, 0.3) is 16.7 Å². The van der Waals surface area contributed by atoms with Crippen molar-refractivity contribution in [2.75, 3.05) is 13.1 Å². The van der Waals surface area contributed by atoms with Gasteiger partial charge in [0, 0.05) is 48.5 Å². The van der Waals surface area contributed by atoms with Crippen LogP contribution >= 0.6 is 0 Å². The van der Waals surface area contributed by atoms with Gasteiger partial charge in [0.05, 0.1) is 0 Å². The molecule has 2 aliphatic rings. The van der Waals surface area contributed by atoms with Gasteiger partial charge in [0.15, 0.2) is 0 Å². The van der Waals surface area contributed by atoms with Crippen molar-refractivity contribution in [2.24, 2.45) is 0 Å². The van der Waals surface area contributed by atoms with E-state index in [4.69, 9.17) is 0 Å². The Labute approximate surface area is 119 Å². The first kappa shape index (κ1) is 11.9. The van der Waals surface area contributed by atoms with Gasteiger partial charge in [-0.15, -0.1) is 0 Å². The molecule has 0 saturated carbocycles. The number of rotatable bonds is 2. The normalized spacial score (nSPS) is 22.6. The molecule has 1 N–H and O–H groups in total. The van der Waals surface area contributed by atoms with Crippen LogP contribution in [0, 0.1) is 0 Å². The fourth-order valence-electron chi connectivity index (χ4n) is 3.52. The van der Waals surface area contributed by atoms with Crippen LogP contribution in [0.4, 0.5) is 0 Å². The van der Waals surface area contributed by atoms with Crippen molar-refractivity contribution in [3.63, 3.8) is 0 Å². The van der Waals surface area contributed by atoms with Gasteiger partial charge < -0.3 is 4.98 Å². The zero-order chi connectivity index (χ0) is 13.4. The molecule has 2 aliphatic heterocycles. The average Bonchev–Trinajstić information content (AvgIpc) is 3.16. The second kappa shape index (κ2) is 4.91. The third kappa shape index (κ3) is 1.98. The molecule has 0 radical (unpaired) electrons. The Hall–Kier alpha value is -1.87. The van der Waals surface area contributed by atoms with Crippen LogP contribution in [0.15, 0.2) is 43.0 Å². The number of aromatic nitrogens is 2. The highest BCUT2D eigenvalue weighted by molar-refractivity contribution is 5.81. The quantitative estimate of drug-likeness (QED) is 0.903. The van der Waals surface area contributed by atoms with E-state index in [9.17, 15) is 0 Å². The standard InChI is InChI=1S/C17H19N3/c1-2-15-10-14(5-9-20(15)8-1)17-12-19-11-16(17)13-3-6-18-7-4-13/h3-4,6-7,10-12,15,19H,1-2,5,8-9H2. The molecule has 0 aromatic carbocycles. The van der Waals surface area contributed by atoms with Gasteiger partial charge in [0.1, 0.15) is 0 Å². The summed E-state index contributed by atoms with van der Waals surface area (Å²) in [5.41, 5.74) is 5.40. The lowest BCUT2D eigenvalue weighted by Gasteiger charge is -2.28. The van der Waals surface area contributed by atoms with Crippen molar-refractivity contribution in [2.45, 2.75) is 25.3 Å². The summed E-state index contributed by atoms with van der Waals surface area (Å²) in [6.07, 6.45) is 14.3. The lowest BCUT2D eigenvalue weighted by molar-refractivity contribution is 0.288. The molecule has 0 bridgehead atoms. The molecule has 2 aromatic rings. The van der Waals surface area contributed by atoms with E-state index < -0.39 is 0 Å². The number of hydrogen-bond donors (Lipinski definition) is 1. The summed E-state index contributed by atoms with van der Waals surface area (Å²) >= 11 is 0. The Morgan fingerprint density at radius 3 is 2.85 bits per heavy atom. The summed E-state index contributed by atoms with van der Waals surface area (Å²) in [6.45, 7) is 2.48. The first-order chi connectivity index (χ1) is 9.92. The summed E-state index contributed by atoms with van der Waals surface area (Å²) in [4.78, 5) is 10.0. The molecule has 1 unspecified atom stereocenters. The first-order valence-corrected chi connectivity index (χ1v) is 7.44. The molecule has 4 heterocycles. The van der Waals surface area contributed by atoms with Gasteiger partial charge in [-0.3, -0.25) is 9.88 Å². The van der Waals surface area contributed by atoms with Crippen LogP contribution in [-0.2, 0) is 0 Å². The van der Waals surface area contributed by atoms with E-state index in [1.54, 1.807) is 0 Å². The van der Waals surface area contributed by atoms with Crippen molar-refractivity contribution < 1.29 is 0 Å². The maximum absolute atomic E-state index is 4.11. The fourth-order valence-corrected chi connectivity index (χ4v) is 3.52. The van der Waals surface area contributed by atoms with E-state index >= 15 is 0 Å². The van der Waals surface area contributed by atoms with Crippen molar-refractivity contribution >= 4 is 5.57 Å². The molecular weight excluding hydrogens is 246 g/mol. The van der Waals surface area contributed by atoms with Gasteiger partial charge in [-0.1, -0.05) is 6.08 Å². The average molecular weight is 265 g/mol.